The first-order chi connectivity index (χ1) is 7.97. The average Bonchev–Trinajstić information content (AvgIpc) is 2.29. The standard InChI is InChI=1S/C12H10.F2O2S/c1-3-7-11(8-4-1)12-9-5-2-6-10-12;1-5(2,3)4/h1-10H;. The average molecular weight is 256 g/mol. The lowest BCUT2D eigenvalue weighted by atomic mass is 10.1. The zero-order valence-corrected chi connectivity index (χ0v) is 9.57. The molecule has 0 N–H and O–H groups in total. The van der Waals surface area contributed by atoms with Gasteiger partial charge in [0, 0.05) is 0 Å². The van der Waals surface area contributed by atoms with E-state index in [1.165, 1.54) is 11.1 Å². The van der Waals surface area contributed by atoms with E-state index in [-0.39, 0.29) is 0 Å². The van der Waals surface area contributed by atoms with Gasteiger partial charge in [-0.25, -0.2) is 0 Å². The minimum absolute atomic E-state index is 1.28. The highest BCUT2D eigenvalue weighted by Crippen LogP contribution is 2.17. The molecule has 0 aliphatic rings. The van der Waals surface area contributed by atoms with Crippen molar-refractivity contribution in [1.29, 1.82) is 0 Å². The molecule has 0 aliphatic heterocycles. The topological polar surface area (TPSA) is 34.1 Å². The maximum atomic E-state index is 9.99. The van der Waals surface area contributed by atoms with Gasteiger partial charge >= 0.3 is 10.6 Å². The minimum atomic E-state index is -5.67. The van der Waals surface area contributed by atoms with E-state index in [0.29, 0.717) is 0 Å². The summed E-state index contributed by atoms with van der Waals surface area (Å²) >= 11 is 0. The van der Waals surface area contributed by atoms with Crippen molar-refractivity contribution in [3.63, 3.8) is 0 Å². The molecule has 5 heteroatoms. The van der Waals surface area contributed by atoms with Crippen molar-refractivity contribution in [2.45, 2.75) is 0 Å². The van der Waals surface area contributed by atoms with Gasteiger partial charge in [0.1, 0.15) is 0 Å². The molecule has 0 spiro atoms. The van der Waals surface area contributed by atoms with Crippen LogP contribution >= 0.6 is 0 Å². The summed E-state index contributed by atoms with van der Waals surface area (Å²) in [6.07, 6.45) is 0. The van der Waals surface area contributed by atoms with E-state index in [0.717, 1.165) is 0 Å². The third kappa shape index (κ3) is 6.42. The Balaban J connectivity index is 0.000000249. The summed E-state index contributed by atoms with van der Waals surface area (Å²) in [5.41, 5.74) is 2.55. The van der Waals surface area contributed by atoms with Crippen molar-refractivity contribution in [2.24, 2.45) is 0 Å². The maximum Gasteiger partial charge on any atom is 0.476 e. The van der Waals surface area contributed by atoms with Gasteiger partial charge in [0.15, 0.2) is 0 Å². The van der Waals surface area contributed by atoms with Crippen LogP contribution in [-0.2, 0) is 10.6 Å². The Morgan fingerprint density at radius 2 is 0.882 bits per heavy atom. The largest absolute Gasteiger partial charge is 0.476 e. The van der Waals surface area contributed by atoms with Crippen LogP contribution in [0.1, 0.15) is 0 Å². The molecular formula is C12H10F2O2S. The van der Waals surface area contributed by atoms with Gasteiger partial charge in [0.25, 0.3) is 0 Å². The number of hydrogen-bond acceptors (Lipinski definition) is 2. The first-order valence-corrected chi connectivity index (χ1v) is 6.00. The predicted octanol–water partition coefficient (Wildman–Crippen LogP) is 3.52. The van der Waals surface area contributed by atoms with Crippen LogP contribution in [0.4, 0.5) is 7.77 Å². The summed E-state index contributed by atoms with van der Waals surface area (Å²) in [5.74, 6) is 0. The SMILES string of the molecule is O=S(=O)(F)F.c1ccc(-c2ccccc2)cc1. The van der Waals surface area contributed by atoms with Crippen molar-refractivity contribution < 1.29 is 16.2 Å². The van der Waals surface area contributed by atoms with Gasteiger partial charge in [-0.1, -0.05) is 68.4 Å². The molecule has 17 heavy (non-hydrogen) atoms. The van der Waals surface area contributed by atoms with Crippen LogP contribution in [0.15, 0.2) is 60.7 Å². The Labute approximate surface area is 99.0 Å². The van der Waals surface area contributed by atoms with Gasteiger partial charge in [-0.2, -0.15) is 8.42 Å². The second kappa shape index (κ2) is 6.10. The number of halogens is 2. The van der Waals surface area contributed by atoms with Crippen LogP contribution in [0.3, 0.4) is 0 Å². The van der Waals surface area contributed by atoms with E-state index in [2.05, 4.69) is 48.5 Å². The first kappa shape index (κ1) is 13.3. The molecule has 0 fully saturated rings. The van der Waals surface area contributed by atoms with Gasteiger partial charge in [0.2, 0.25) is 0 Å². The summed E-state index contributed by atoms with van der Waals surface area (Å²) < 4.78 is 36.6. The highest BCUT2D eigenvalue weighted by Gasteiger charge is 1.94. The van der Waals surface area contributed by atoms with Crippen molar-refractivity contribution in [2.75, 3.05) is 0 Å². The Kier molecular flexibility index (Phi) is 4.78. The molecule has 0 aromatic heterocycles. The molecule has 0 saturated heterocycles. The zero-order valence-electron chi connectivity index (χ0n) is 8.75. The van der Waals surface area contributed by atoms with Crippen LogP contribution < -0.4 is 0 Å². The van der Waals surface area contributed by atoms with E-state index in [1.54, 1.807) is 0 Å². The highest BCUT2D eigenvalue weighted by atomic mass is 32.3. The summed E-state index contributed by atoms with van der Waals surface area (Å²) in [7, 11) is -5.67. The van der Waals surface area contributed by atoms with Crippen LogP contribution in [-0.4, -0.2) is 8.42 Å². The van der Waals surface area contributed by atoms with Gasteiger partial charge in [-0.3, -0.25) is 0 Å². The molecular weight excluding hydrogens is 246 g/mol. The van der Waals surface area contributed by atoms with E-state index < -0.39 is 10.6 Å². The third-order valence-electron chi connectivity index (χ3n) is 1.88. The summed E-state index contributed by atoms with van der Waals surface area (Å²) in [4.78, 5) is 0. The molecule has 2 rings (SSSR count). The van der Waals surface area contributed by atoms with E-state index in [1.807, 2.05) is 12.1 Å². The molecule has 90 valence electrons. The summed E-state index contributed by atoms with van der Waals surface area (Å²) in [6.45, 7) is 0. The van der Waals surface area contributed by atoms with E-state index in [4.69, 9.17) is 8.42 Å². The molecule has 2 aromatic rings. The quantitative estimate of drug-likeness (QED) is 0.731. The van der Waals surface area contributed by atoms with Crippen molar-refractivity contribution >= 4 is 10.6 Å². The second-order valence-electron chi connectivity index (χ2n) is 3.11. The Bertz CT molecular complexity index is 494. The minimum Gasteiger partial charge on any atom is -0.160 e. The molecule has 0 amide bonds. The molecule has 0 unspecified atom stereocenters. The molecule has 0 saturated carbocycles. The molecule has 0 heterocycles. The molecule has 0 radical (unpaired) electrons. The van der Waals surface area contributed by atoms with Crippen LogP contribution in [0.2, 0.25) is 0 Å². The van der Waals surface area contributed by atoms with E-state index in [9.17, 15) is 7.77 Å². The zero-order chi connectivity index (χ0) is 12.7. The van der Waals surface area contributed by atoms with Crippen LogP contribution in [0.5, 0.6) is 0 Å². The van der Waals surface area contributed by atoms with Crippen molar-refractivity contribution in [3.05, 3.63) is 60.7 Å². The lowest BCUT2D eigenvalue weighted by Gasteiger charge is -1.98. The van der Waals surface area contributed by atoms with Crippen LogP contribution in [0, 0.1) is 0 Å². The van der Waals surface area contributed by atoms with E-state index >= 15 is 0 Å². The summed E-state index contributed by atoms with van der Waals surface area (Å²) in [5, 5.41) is 0. The van der Waals surface area contributed by atoms with Gasteiger partial charge < -0.3 is 0 Å². The number of benzene rings is 2. The van der Waals surface area contributed by atoms with Gasteiger partial charge in [-0.05, 0) is 11.1 Å². The molecule has 2 aromatic carbocycles. The molecule has 0 atom stereocenters. The lowest BCUT2D eigenvalue weighted by Crippen LogP contribution is -1.73. The Morgan fingerprint density at radius 3 is 1.12 bits per heavy atom. The normalized spacial score (nSPS) is 10.2. The third-order valence-corrected chi connectivity index (χ3v) is 1.88. The number of hydrogen-bond donors (Lipinski definition) is 0. The fourth-order valence-corrected chi connectivity index (χ4v) is 1.26. The molecule has 0 bridgehead atoms. The molecule has 0 aliphatic carbocycles. The fourth-order valence-electron chi connectivity index (χ4n) is 1.26. The fraction of sp³-hybridized carbons (Fsp3) is 0. The van der Waals surface area contributed by atoms with Gasteiger partial charge in [0.05, 0.1) is 0 Å². The smallest absolute Gasteiger partial charge is 0.160 e. The van der Waals surface area contributed by atoms with Gasteiger partial charge in [-0.15, -0.1) is 0 Å². The second-order valence-corrected chi connectivity index (χ2v) is 3.87. The lowest BCUT2D eigenvalue weighted by molar-refractivity contribution is 0.501. The Morgan fingerprint density at radius 1 is 0.647 bits per heavy atom. The van der Waals surface area contributed by atoms with Crippen LogP contribution in [0.25, 0.3) is 11.1 Å². The maximum absolute atomic E-state index is 9.99. The van der Waals surface area contributed by atoms with Crippen molar-refractivity contribution in [1.82, 2.24) is 0 Å². The monoisotopic (exact) mass is 256 g/mol. The summed E-state index contributed by atoms with van der Waals surface area (Å²) in [6, 6.07) is 20.8. The highest BCUT2D eigenvalue weighted by molar-refractivity contribution is 7.81. The number of rotatable bonds is 1. The van der Waals surface area contributed by atoms with Crippen molar-refractivity contribution in [3.8, 4) is 11.1 Å². The molecule has 2 nitrogen and oxygen atoms in total. The Hall–Kier alpha value is -1.75. The predicted molar refractivity (Wildman–Crippen MR) is 63.0 cm³/mol. The first-order valence-electron chi connectivity index (χ1n) is 4.71.